The fourth-order valence-electron chi connectivity index (χ4n) is 0.694. The Kier molecular flexibility index (Phi) is 8.68. The molecule has 0 fully saturated rings. The van der Waals surface area contributed by atoms with Crippen LogP contribution >= 0.6 is 12.4 Å². The lowest BCUT2D eigenvalue weighted by atomic mass is 9.97. The molecule has 0 saturated carbocycles. The number of esters is 1. The summed E-state index contributed by atoms with van der Waals surface area (Å²) in [4.78, 5) is 13.3. The van der Waals surface area contributed by atoms with Crippen molar-refractivity contribution in [2.45, 2.75) is 20.8 Å². The molecule has 0 spiro atoms. The van der Waals surface area contributed by atoms with Crippen molar-refractivity contribution in [3.63, 3.8) is 0 Å². The number of halogens is 1. The standard InChI is InChI=1S/C11H21NO2.ClH/c1-11(2,3)10(13)14-9-7-6-8-12(4)5;/h6-7H,8-9H2,1-5H3;1H/b7-6+;. The molecule has 0 aliphatic heterocycles. The molecule has 0 saturated heterocycles. The van der Waals surface area contributed by atoms with E-state index in [4.69, 9.17) is 4.74 Å². The molecule has 0 bridgehead atoms. The summed E-state index contributed by atoms with van der Waals surface area (Å²) >= 11 is 0. The van der Waals surface area contributed by atoms with Gasteiger partial charge in [-0.1, -0.05) is 6.08 Å². The second kappa shape index (κ2) is 7.71. The van der Waals surface area contributed by atoms with E-state index in [1.807, 2.05) is 51.9 Å². The average molecular weight is 236 g/mol. The lowest BCUT2D eigenvalue weighted by Gasteiger charge is -2.15. The third kappa shape index (κ3) is 9.76. The smallest absolute Gasteiger partial charge is 0.311 e. The summed E-state index contributed by atoms with van der Waals surface area (Å²) in [6, 6.07) is 0. The summed E-state index contributed by atoms with van der Waals surface area (Å²) < 4.78 is 5.04. The summed E-state index contributed by atoms with van der Waals surface area (Å²) in [5.74, 6) is -0.160. The zero-order valence-electron chi connectivity index (χ0n) is 10.2. The number of carbonyl (C=O) groups is 1. The van der Waals surface area contributed by atoms with Gasteiger partial charge in [0, 0.05) is 6.54 Å². The second-order valence-electron chi connectivity index (χ2n) is 4.58. The molecule has 0 aromatic rings. The van der Waals surface area contributed by atoms with Gasteiger partial charge in [0.05, 0.1) is 5.41 Å². The molecule has 90 valence electrons. The summed E-state index contributed by atoms with van der Waals surface area (Å²) in [7, 11) is 3.98. The van der Waals surface area contributed by atoms with Crippen LogP contribution in [0.3, 0.4) is 0 Å². The third-order valence-electron chi connectivity index (χ3n) is 1.56. The number of hydrogen-bond donors (Lipinski definition) is 0. The summed E-state index contributed by atoms with van der Waals surface area (Å²) in [6.45, 7) is 6.77. The number of likely N-dealkylation sites (N-methyl/N-ethyl adjacent to an activating group) is 1. The summed E-state index contributed by atoms with van der Waals surface area (Å²) in [6.07, 6.45) is 3.85. The maximum absolute atomic E-state index is 11.3. The predicted molar refractivity (Wildman–Crippen MR) is 65.4 cm³/mol. The van der Waals surface area contributed by atoms with Crippen molar-refractivity contribution in [2.24, 2.45) is 5.41 Å². The number of ether oxygens (including phenoxy) is 1. The first kappa shape index (κ1) is 16.9. The highest BCUT2D eigenvalue weighted by atomic mass is 35.5. The Balaban J connectivity index is 0. The zero-order chi connectivity index (χ0) is 11.2. The van der Waals surface area contributed by atoms with Gasteiger partial charge in [-0.15, -0.1) is 12.4 Å². The van der Waals surface area contributed by atoms with Gasteiger partial charge in [-0.25, -0.2) is 0 Å². The Labute approximate surface area is 98.9 Å². The van der Waals surface area contributed by atoms with Crippen LogP contribution in [0.4, 0.5) is 0 Å². The Bertz CT molecular complexity index is 207. The Morgan fingerprint density at radius 3 is 2.20 bits per heavy atom. The zero-order valence-corrected chi connectivity index (χ0v) is 11.1. The Morgan fingerprint density at radius 2 is 1.80 bits per heavy atom. The van der Waals surface area contributed by atoms with Crippen molar-refractivity contribution < 1.29 is 9.53 Å². The van der Waals surface area contributed by atoms with E-state index in [2.05, 4.69) is 0 Å². The van der Waals surface area contributed by atoms with Crippen LogP contribution < -0.4 is 0 Å². The van der Waals surface area contributed by atoms with Gasteiger partial charge in [0.15, 0.2) is 0 Å². The molecule has 0 N–H and O–H groups in total. The molecule has 0 aliphatic carbocycles. The molecule has 0 rings (SSSR count). The SMILES string of the molecule is CN(C)C/C=C/COC(=O)C(C)(C)C.Cl. The lowest BCUT2D eigenvalue weighted by Crippen LogP contribution is -2.23. The molecule has 15 heavy (non-hydrogen) atoms. The fourth-order valence-corrected chi connectivity index (χ4v) is 0.694. The van der Waals surface area contributed by atoms with Gasteiger partial charge in [-0.2, -0.15) is 0 Å². The van der Waals surface area contributed by atoms with Gasteiger partial charge in [0.1, 0.15) is 6.61 Å². The first-order valence-corrected chi connectivity index (χ1v) is 4.81. The van der Waals surface area contributed by atoms with Crippen LogP contribution in [0.15, 0.2) is 12.2 Å². The molecule has 3 nitrogen and oxygen atoms in total. The molecule has 0 amide bonds. The highest BCUT2D eigenvalue weighted by molar-refractivity contribution is 5.85. The topological polar surface area (TPSA) is 29.5 Å². The molecule has 0 atom stereocenters. The molecule has 0 aromatic carbocycles. The van der Waals surface area contributed by atoms with E-state index >= 15 is 0 Å². The van der Waals surface area contributed by atoms with Gasteiger partial charge in [-0.3, -0.25) is 4.79 Å². The van der Waals surface area contributed by atoms with E-state index in [1.54, 1.807) is 0 Å². The predicted octanol–water partition coefficient (Wildman–Crippen LogP) is 2.12. The van der Waals surface area contributed by atoms with Gasteiger partial charge < -0.3 is 9.64 Å². The van der Waals surface area contributed by atoms with Gasteiger partial charge in [0.25, 0.3) is 0 Å². The monoisotopic (exact) mass is 235 g/mol. The number of carbonyl (C=O) groups excluding carboxylic acids is 1. The normalized spacial score (nSPS) is 11.6. The van der Waals surface area contributed by atoms with Crippen LogP contribution in [0, 0.1) is 5.41 Å². The van der Waals surface area contributed by atoms with Crippen LogP contribution in [-0.4, -0.2) is 38.1 Å². The largest absolute Gasteiger partial charge is 0.461 e. The molecule has 4 heteroatoms. The highest BCUT2D eigenvalue weighted by Crippen LogP contribution is 2.14. The number of hydrogen-bond acceptors (Lipinski definition) is 3. The third-order valence-corrected chi connectivity index (χ3v) is 1.56. The van der Waals surface area contributed by atoms with Gasteiger partial charge in [-0.05, 0) is 40.9 Å². The van der Waals surface area contributed by atoms with Crippen molar-refractivity contribution in [1.29, 1.82) is 0 Å². The van der Waals surface area contributed by atoms with E-state index in [0.29, 0.717) is 6.61 Å². The molecule has 0 aliphatic rings. The highest BCUT2D eigenvalue weighted by Gasteiger charge is 2.22. The lowest BCUT2D eigenvalue weighted by molar-refractivity contribution is -0.151. The average Bonchev–Trinajstić information content (AvgIpc) is 2.01. The number of rotatable bonds is 4. The van der Waals surface area contributed by atoms with Crippen LogP contribution in [-0.2, 0) is 9.53 Å². The van der Waals surface area contributed by atoms with E-state index in [-0.39, 0.29) is 18.4 Å². The maximum atomic E-state index is 11.3. The van der Waals surface area contributed by atoms with E-state index in [0.717, 1.165) is 6.54 Å². The summed E-state index contributed by atoms with van der Waals surface area (Å²) in [5.41, 5.74) is -0.407. The quantitative estimate of drug-likeness (QED) is 0.552. The first-order valence-electron chi connectivity index (χ1n) is 4.81. The summed E-state index contributed by atoms with van der Waals surface area (Å²) in [5, 5.41) is 0. The van der Waals surface area contributed by atoms with Crippen molar-refractivity contribution >= 4 is 18.4 Å². The minimum absolute atomic E-state index is 0. The van der Waals surface area contributed by atoms with E-state index in [9.17, 15) is 4.79 Å². The minimum atomic E-state index is -0.407. The number of nitrogens with zero attached hydrogens (tertiary/aromatic N) is 1. The van der Waals surface area contributed by atoms with Gasteiger partial charge in [0.2, 0.25) is 0 Å². The molecule has 0 heterocycles. The second-order valence-corrected chi connectivity index (χ2v) is 4.58. The molecular weight excluding hydrogens is 214 g/mol. The van der Waals surface area contributed by atoms with Crippen molar-refractivity contribution in [1.82, 2.24) is 4.90 Å². The molecular formula is C11H22ClNO2. The Hall–Kier alpha value is -0.540. The van der Waals surface area contributed by atoms with Crippen LogP contribution in [0.25, 0.3) is 0 Å². The fraction of sp³-hybridized carbons (Fsp3) is 0.727. The minimum Gasteiger partial charge on any atom is -0.461 e. The van der Waals surface area contributed by atoms with E-state index in [1.165, 1.54) is 0 Å². The van der Waals surface area contributed by atoms with Gasteiger partial charge >= 0.3 is 5.97 Å². The maximum Gasteiger partial charge on any atom is 0.311 e. The first-order chi connectivity index (χ1) is 6.34. The Morgan fingerprint density at radius 1 is 1.27 bits per heavy atom. The molecule has 0 aromatic heterocycles. The molecule has 0 unspecified atom stereocenters. The van der Waals surface area contributed by atoms with Crippen molar-refractivity contribution in [3.8, 4) is 0 Å². The molecule has 0 radical (unpaired) electrons. The van der Waals surface area contributed by atoms with Crippen LogP contribution in [0.1, 0.15) is 20.8 Å². The van der Waals surface area contributed by atoms with Crippen molar-refractivity contribution in [2.75, 3.05) is 27.2 Å². The van der Waals surface area contributed by atoms with E-state index < -0.39 is 5.41 Å². The van der Waals surface area contributed by atoms with Crippen LogP contribution in [0.5, 0.6) is 0 Å². The van der Waals surface area contributed by atoms with Crippen molar-refractivity contribution in [3.05, 3.63) is 12.2 Å². The van der Waals surface area contributed by atoms with Crippen LogP contribution in [0.2, 0.25) is 0 Å².